The third-order valence-corrected chi connectivity index (χ3v) is 4.94. The molecule has 1 heterocycles. The Morgan fingerprint density at radius 3 is 2.32 bits per heavy atom. The minimum Gasteiger partial charge on any atom is -0.326 e. The number of amides is 2. The van der Waals surface area contributed by atoms with Gasteiger partial charge in [-0.3, -0.25) is 9.59 Å². The van der Waals surface area contributed by atoms with Gasteiger partial charge in [-0.15, -0.1) is 5.10 Å². The van der Waals surface area contributed by atoms with Crippen molar-refractivity contribution in [2.75, 3.05) is 10.6 Å². The maximum Gasteiger partial charge on any atom is 0.237 e. The van der Waals surface area contributed by atoms with Crippen LogP contribution in [0.2, 0.25) is 0 Å². The van der Waals surface area contributed by atoms with E-state index in [9.17, 15) is 9.59 Å². The summed E-state index contributed by atoms with van der Waals surface area (Å²) < 4.78 is 1.63. The number of nitrogens with one attached hydrogen (secondary N) is 2. The van der Waals surface area contributed by atoms with Crippen LogP contribution in [0.3, 0.4) is 0 Å². The number of para-hydroxylation sites is 1. The van der Waals surface area contributed by atoms with E-state index in [0.29, 0.717) is 16.5 Å². The predicted molar refractivity (Wildman–Crippen MR) is 109 cm³/mol. The van der Waals surface area contributed by atoms with Gasteiger partial charge in [-0.25, -0.2) is 0 Å². The molecule has 0 fully saturated rings. The van der Waals surface area contributed by atoms with Gasteiger partial charge in [0.1, 0.15) is 0 Å². The molecule has 9 heteroatoms. The van der Waals surface area contributed by atoms with Crippen molar-refractivity contribution < 1.29 is 9.59 Å². The highest BCUT2D eigenvalue weighted by Gasteiger charge is 2.20. The average Bonchev–Trinajstić information content (AvgIpc) is 3.11. The second kappa shape index (κ2) is 8.66. The summed E-state index contributed by atoms with van der Waals surface area (Å²) in [7, 11) is 0. The van der Waals surface area contributed by atoms with Gasteiger partial charge in [0, 0.05) is 18.3 Å². The first-order chi connectivity index (χ1) is 13.4. The Bertz CT molecular complexity index is 986. The molecule has 0 aliphatic rings. The number of rotatable bonds is 6. The highest BCUT2D eigenvalue weighted by atomic mass is 32.2. The molecule has 2 amide bonds. The van der Waals surface area contributed by atoms with E-state index in [1.54, 1.807) is 35.9 Å². The van der Waals surface area contributed by atoms with E-state index in [-0.39, 0.29) is 11.8 Å². The highest BCUT2D eigenvalue weighted by molar-refractivity contribution is 8.00. The molecule has 2 aromatic carbocycles. The number of aromatic nitrogens is 4. The van der Waals surface area contributed by atoms with Crippen LogP contribution in [-0.2, 0) is 9.59 Å². The minimum atomic E-state index is -0.413. The van der Waals surface area contributed by atoms with Gasteiger partial charge in [0.25, 0.3) is 0 Å². The smallest absolute Gasteiger partial charge is 0.237 e. The monoisotopic (exact) mass is 396 g/mol. The molecule has 0 unspecified atom stereocenters. The number of hydrogen-bond acceptors (Lipinski definition) is 6. The fraction of sp³-hybridized carbons (Fsp3) is 0.211. The second-order valence-electron chi connectivity index (χ2n) is 6.17. The first kappa shape index (κ1) is 19.6. The highest BCUT2D eigenvalue weighted by Crippen LogP contribution is 2.25. The van der Waals surface area contributed by atoms with Gasteiger partial charge in [0.05, 0.1) is 10.9 Å². The van der Waals surface area contributed by atoms with E-state index in [1.165, 1.54) is 18.7 Å². The van der Waals surface area contributed by atoms with Crippen LogP contribution >= 0.6 is 11.8 Å². The summed E-state index contributed by atoms with van der Waals surface area (Å²) in [5.74, 6) is -0.315. The molecule has 0 saturated carbocycles. The summed E-state index contributed by atoms with van der Waals surface area (Å²) >= 11 is 1.28. The van der Waals surface area contributed by atoms with Crippen molar-refractivity contribution in [1.82, 2.24) is 20.2 Å². The van der Waals surface area contributed by atoms with E-state index in [0.717, 1.165) is 11.3 Å². The molecule has 3 rings (SSSR count). The number of aryl methyl sites for hydroxylation is 1. The predicted octanol–water partition coefficient (Wildman–Crippen LogP) is 3.05. The standard InChI is InChI=1S/C19H20N6O2S/c1-12-6-4-5-7-17(12)25-19(22-23-24-25)28-13(2)18(27)21-16-10-8-15(9-11-16)20-14(3)26/h4-11,13H,1-3H3,(H,20,26)(H,21,27)/t13-/m0/s1. The van der Waals surface area contributed by atoms with E-state index >= 15 is 0 Å². The van der Waals surface area contributed by atoms with Crippen molar-refractivity contribution in [2.45, 2.75) is 31.2 Å². The molecule has 0 saturated heterocycles. The fourth-order valence-corrected chi connectivity index (χ4v) is 3.30. The Balaban J connectivity index is 1.66. The zero-order chi connectivity index (χ0) is 20.1. The molecule has 0 bridgehead atoms. The van der Waals surface area contributed by atoms with Crippen molar-refractivity contribution in [3.63, 3.8) is 0 Å². The van der Waals surface area contributed by atoms with Crippen molar-refractivity contribution in [2.24, 2.45) is 0 Å². The van der Waals surface area contributed by atoms with Crippen molar-refractivity contribution in [3.8, 4) is 5.69 Å². The zero-order valence-corrected chi connectivity index (χ0v) is 16.5. The molecule has 0 aliphatic heterocycles. The Hall–Kier alpha value is -3.20. The minimum absolute atomic E-state index is 0.145. The Kier molecular flexibility index (Phi) is 6.05. The largest absolute Gasteiger partial charge is 0.326 e. The zero-order valence-electron chi connectivity index (χ0n) is 15.7. The van der Waals surface area contributed by atoms with Crippen LogP contribution in [0.1, 0.15) is 19.4 Å². The lowest BCUT2D eigenvalue weighted by molar-refractivity contribution is -0.115. The van der Waals surface area contributed by atoms with Gasteiger partial charge in [-0.05, 0) is 60.2 Å². The van der Waals surface area contributed by atoms with E-state index in [2.05, 4.69) is 26.2 Å². The summed E-state index contributed by atoms with van der Waals surface area (Å²) in [6.07, 6.45) is 0. The molecule has 0 radical (unpaired) electrons. The number of hydrogen-bond donors (Lipinski definition) is 2. The molecule has 1 aromatic heterocycles. The topological polar surface area (TPSA) is 102 Å². The average molecular weight is 396 g/mol. The van der Waals surface area contributed by atoms with Crippen molar-refractivity contribution in [1.29, 1.82) is 0 Å². The Labute approximate surface area is 166 Å². The van der Waals surface area contributed by atoms with Crippen LogP contribution in [0.5, 0.6) is 0 Å². The van der Waals surface area contributed by atoms with Gasteiger partial charge >= 0.3 is 0 Å². The van der Waals surface area contributed by atoms with Gasteiger partial charge in [-0.1, -0.05) is 30.0 Å². The fourth-order valence-electron chi connectivity index (χ4n) is 2.50. The molecule has 1 atom stereocenters. The third-order valence-electron chi connectivity index (χ3n) is 3.91. The molecule has 3 aromatic rings. The number of carbonyl (C=O) groups is 2. The molecule has 8 nitrogen and oxygen atoms in total. The molecule has 2 N–H and O–H groups in total. The first-order valence-corrected chi connectivity index (χ1v) is 9.51. The van der Waals surface area contributed by atoms with E-state index in [1.807, 2.05) is 31.2 Å². The number of thioether (sulfide) groups is 1. The number of tetrazole rings is 1. The van der Waals surface area contributed by atoms with Gasteiger partial charge < -0.3 is 10.6 Å². The number of benzene rings is 2. The lowest BCUT2D eigenvalue weighted by Gasteiger charge is -2.13. The second-order valence-corrected chi connectivity index (χ2v) is 7.48. The molecular weight excluding hydrogens is 376 g/mol. The third kappa shape index (κ3) is 4.74. The number of anilines is 2. The molecule has 144 valence electrons. The summed E-state index contributed by atoms with van der Waals surface area (Å²) in [4.78, 5) is 23.6. The van der Waals surface area contributed by atoms with Crippen LogP contribution in [0.25, 0.3) is 5.69 Å². The molecule has 0 aliphatic carbocycles. The van der Waals surface area contributed by atoms with Crippen molar-refractivity contribution >= 4 is 35.0 Å². The lowest BCUT2D eigenvalue weighted by Crippen LogP contribution is -2.23. The van der Waals surface area contributed by atoms with Crippen LogP contribution in [-0.4, -0.2) is 37.3 Å². The summed E-state index contributed by atoms with van der Waals surface area (Å²) in [6, 6.07) is 14.7. The van der Waals surface area contributed by atoms with Gasteiger partial charge in [0.15, 0.2) is 0 Å². The van der Waals surface area contributed by atoms with Crippen LogP contribution in [0.4, 0.5) is 11.4 Å². The Morgan fingerprint density at radius 2 is 1.68 bits per heavy atom. The van der Waals surface area contributed by atoms with Crippen LogP contribution in [0.15, 0.2) is 53.7 Å². The first-order valence-electron chi connectivity index (χ1n) is 8.63. The summed E-state index contributed by atoms with van der Waals surface area (Å²) in [5, 5.41) is 17.5. The molecular formula is C19H20N6O2S. The number of carbonyl (C=O) groups excluding carboxylic acids is 2. The molecule has 28 heavy (non-hydrogen) atoms. The quantitative estimate of drug-likeness (QED) is 0.621. The lowest BCUT2D eigenvalue weighted by atomic mass is 10.2. The normalized spacial score (nSPS) is 11.7. The number of nitrogens with zero attached hydrogens (tertiary/aromatic N) is 4. The van der Waals surface area contributed by atoms with E-state index in [4.69, 9.17) is 0 Å². The van der Waals surface area contributed by atoms with Crippen molar-refractivity contribution in [3.05, 3.63) is 54.1 Å². The summed E-state index contributed by atoms with van der Waals surface area (Å²) in [6.45, 7) is 5.22. The maximum atomic E-state index is 12.5. The SMILES string of the molecule is CC(=O)Nc1ccc(NC(=O)[C@H](C)Sc2nnnn2-c2ccccc2C)cc1. The van der Waals surface area contributed by atoms with Crippen LogP contribution < -0.4 is 10.6 Å². The summed E-state index contributed by atoms with van der Waals surface area (Å²) in [5.41, 5.74) is 3.22. The molecule has 0 spiro atoms. The van der Waals surface area contributed by atoms with E-state index < -0.39 is 5.25 Å². The van der Waals surface area contributed by atoms with Gasteiger partial charge in [-0.2, -0.15) is 4.68 Å². The maximum absolute atomic E-state index is 12.5. The van der Waals surface area contributed by atoms with Gasteiger partial charge in [0.2, 0.25) is 17.0 Å². The van der Waals surface area contributed by atoms with Crippen LogP contribution in [0, 0.1) is 6.92 Å². The Morgan fingerprint density at radius 1 is 1.04 bits per heavy atom.